The highest BCUT2D eigenvalue weighted by Crippen LogP contribution is 2.33. The van der Waals surface area contributed by atoms with Crippen LogP contribution in [0.3, 0.4) is 0 Å². The van der Waals surface area contributed by atoms with Crippen LogP contribution in [-0.4, -0.2) is 40.0 Å². The summed E-state index contributed by atoms with van der Waals surface area (Å²) in [5, 5.41) is 5.60. The van der Waals surface area contributed by atoms with Gasteiger partial charge in [0.15, 0.2) is 0 Å². The second-order valence-corrected chi connectivity index (χ2v) is 10.6. The van der Waals surface area contributed by atoms with E-state index in [9.17, 15) is 14.4 Å². The number of hydrogen-bond donors (Lipinski definition) is 2. The number of carbonyl (C=O) groups excluding carboxylic acids is 3. The van der Waals surface area contributed by atoms with E-state index in [-0.39, 0.29) is 12.5 Å². The van der Waals surface area contributed by atoms with E-state index in [1.54, 1.807) is 52.0 Å². The second kappa shape index (κ2) is 12.4. The molecule has 2 atom stereocenters. The lowest BCUT2D eigenvalue weighted by molar-refractivity contribution is -0.149. The SMILES string of the molecule is C#Cc1ccccc1C(C(=O)NCc1ccccc1)N(C(=O)C(C)NC(=O)OC(C)(C)C)C(C)(C)CC. The first-order valence-corrected chi connectivity index (χ1v) is 12.5. The monoisotopic (exact) mass is 505 g/mol. The summed E-state index contributed by atoms with van der Waals surface area (Å²) in [6.07, 6.45) is 5.64. The summed E-state index contributed by atoms with van der Waals surface area (Å²) >= 11 is 0. The molecule has 0 saturated heterocycles. The van der Waals surface area contributed by atoms with E-state index in [1.807, 2.05) is 51.1 Å². The van der Waals surface area contributed by atoms with Crippen molar-refractivity contribution in [2.75, 3.05) is 0 Å². The van der Waals surface area contributed by atoms with Gasteiger partial charge in [0.05, 0.1) is 0 Å². The van der Waals surface area contributed by atoms with E-state index in [1.165, 1.54) is 4.90 Å². The average Bonchev–Trinajstić information content (AvgIpc) is 2.84. The van der Waals surface area contributed by atoms with Gasteiger partial charge in [-0.2, -0.15) is 0 Å². The molecule has 0 aliphatic rings. The van der Waals surface area contributed by atoms with E-state index in [0.29, 0.717) is 17.5 Å². The number of ether oxygens (including phenoxy) is 1. The Kier molecular flexibility index (Phi) is 9.90. The molecule has 0 spiro atoms. The standard InChI is InChI=1S/C30H39N3O4/c1-9-23-18-14-15-19-24(23)25(26(34)31-20-22-16-12-11-13-17-22)33(30(7,8)10-2)27(35)21(3)32-28(36)37-29(4,5)6/h1,11-19,21,25H,10,20H2,2-8H3,(H,31,34)(H,32,36). The minimum Gasteiger partial charge on any atom is -0.444 e. The maximum atomic E-state index is 14.0. The van der Waals surface area contributed by atoms with Crippen molar-refractivity contribution in [1.82, 2.24) is 15.5 Å². The third-order valence-corrected chi connectivity index (χ3v) is 6.09. The lowest BCUT2D eigenvalue weighted by atomic mass is 9.90. The fourth-order valence-corrected chi connectivity index (χ4v) is 3.85. The van der Waals surface area contributed by atoms with Crippen LogP contribution in [-0.2, 0) is 20.9 Å². The van der Waals surface area contributed by atoms with E-state index in [4.69, 9.17) is 11.2 Å². The molecule has 0 aromatic heterocycles. The van der Waals surface area contributed by atoms with Crippen LogP contribution in [0.5, 0.6) is 0 Å². The highest BCUT2D eigenvalue weighted by molar-refractivity contribution is 5.92. The first kappa shape index (κ1) is 29.4. The van der Waals surface area contributed by atoms with Crippen LogP contribution in [0.25, 0.3) is 0 Å². The first-order chi connectivity index (χ1) is 17.3. The zero-order valence-corrected chi connectivity index (χ0v) is 22.9. The number of rotatable bonds is 9. The molecule has 2 aromatic carbocycles. The molecule has 0 saturated carbocycles. The summed E-state index contributed by atoms with van der Waals surface area (Å²) < 4.78 is 5.34. The van der Waals surface area contributed by atoms with Crippen molar-refractivity contribution in [3.05, 3.63) is 71.3 Å². The predicted molar refractivity (Wildman–Crippen MR) is 145 cm³/mol. The van der Waals surface area contributed by atoms with Gasteiger partial charge in [-0.25, -0.2) is 4.79 Å². The van der Waals surface area contributed by atoms with E-state index < -0.39 is 35.2 Å². The number of hydrogen-bond acceptors (Lipinski definition) is 4. The summed E-state index contributed by atoms with van der Waals surface area (Å²) in [6.45, 7) is 12.8. The van der Waals surface area contributed by atoms with Gasteiger partial charge in [-0.05, 0) is 65.2 Å². The van der Waals surface area contributed by atoms with Gasteiger partial charge in [0.2, 0.25) is 11.8 Å². The van der Waals surface area contributed by atoms with Crippen molar-refractivity contribution in [3.8, 4) is 12.3 Å². The Bertz CT molecular complexity index is 1130. The maximum absolute atomic E-state index is 14.0. The number of benzene rings is 2. The van der Waals surface area contributed by atoms with Gasteiger partial charge in [0, 0.05) is 17.6 Å². The van der Waals surface area contributed by atoms with Crippen molar-refractivity contribution in [2.45, 2.75) is 84.7 Å². The van der Waals surface area contributed by atoms with Crippen LogP contribution in [0.1, 0.15) is 77.6 Å². The van der Waals surface area contributed by atoms with Gasteiger partial charge < -0.3 is 20.3 Å². The van der Waals surface area contributed by atoms with Gasteiger partial charge in [0.1, 0.15) is 17.7 Å². The Balaban J connectivity index is 2.52. The summed E-state index contributed by atoms with van der Waals surface area (Å²) in [4.78, 5) is 41.8. The summed E-state index contributed by atoms with van der Waals surface area (Å²) in [5.74, 6) is 1.85. The Morgan fingerprint density at radius 1 is 1.00 bits per heavy atom. The van der Waals surface area contributed by atoms with E-state index in [0.717, 1.165) is 5.56 Å². The molecule has 0 radical (unpaired) electrons. The lowest BCUT2D eigenvalue weighted by Gasteiger charge is -2.44. The Morgan fingerprint density at radius 2 is 1.59 bits per heavy atom. The summed E-state index contributed by atoms with van der Waals surface area (Å²) in [6, 6.07) is 14.6. The molecule has 0 fully saturated rings. The summed E-state index contributed by atoms with van der Waals surface area (Å²) in [5.41, 5.74) is 0.500. The van der Waals surface area contributed by atoms with Gasteiger partial charge in [-0.1, -0.05) is 61.4 Å². The molecule has 37 heavy (non-hydrogen) atoms. The predicted octanol–water partition coefficient (Wildman–Crippen LogP) is 4.96. The van der Waals surface area contributed by atoms with Crippen LogP contribution in [0.2, 0.25) is 0 Å². The van der Waals surface area contributed by atoms with Gasteiger partial charge >= 0.3 is 6.09 Å². The van der Waals surface area contributed by atoms with Crippen LogP contribution < -0.4 is 10.6 Å². The zero-order valence-electron chi connectivity index (χ0n) is 22.9. The zero-order chi connectivity index (χ0) is 27.8. The number of alkyl carbamates (subject to hydrolysis) is 1. The second-order valence-electron chi connectivity index (χ2n) is 10.6. The minimum atomic E-state index is -1.03. The highest BCUT2D eigenvalue weighted by atomic mass is 16.6. The maximum Gasteiger partial charge on any atom is 0.408 e. The topological polar surface area (TPSA) is 87.7 Å². The van der Waals surface area contributed by atoms with E-state index in [2.05, 4.69) is 16.6 Å². The highest BCUT2D eigenvalue weighted by Gasteiger charge is 2.42. The number of amides is 3. The third kappa shape index (κ3) is 8.11. The molecule has 3 amide bonds. The Morgan fingerprint density at radius 3 is 2.16 bits per heavy atom. The van der Waals surface area contributed by atoms with Gasteiger partial charge in [-0.3, -0.25) is 9.59 Å². The first-order valence-electron chi connectivity index (χ1n) is 12.5. The van der Waals surface area contributed by atoms with Crippen molar-refractivity contribution in [3.63, 3.8) is 0 Å². The minimum absolute atomic E-state index is 0.286. The largest absolute Gasteiger partial charge is 0.444 e. The molecular weight excluding hydrogens is 466 g/mol. The molecule has 2 N–H and O–H groups in total. The number of nitrogens with zero attached hydrogens (tertiary/aromatic N) is 1. The molecule has 0 aliphatic carbocycles. The van der Waals surface area contributed by atoms with Crippen molar-refractivity contribution in [1.29, 1.82) is 0 Å². The molecule has 7 heteroatoms. The molecule has 198 valence electrons. The molecule has 7 nitrogen and oxygen atoms in total. The van der Waals surface area contributed by atoms with Crippen molar-refractivity contribution < 1.29 is 19.1 Å². The van der Waals surface area contributed by atoms with Gasteiger partial charge in [-0.15, -0.1) is 6.42 Å². The van der Waals surface area contributed by atoms with Crippen molar-refractivity contribution in [2.24, 2.45) is 0 Å². The van der Waals surface area contributed by atoms with Crippen LogP contribution >= 0.6 is 0 Å². The smallest absolute Gasteiger partial charge is 0.408 e. The Hall–Kier alpha value is -3.79. The molecule has 2 aromatic rings. The van der Waals surface area contributed by atoms with E-state index >= 15 is 0 Å². The lowest BCUT2D eigenvalue weighted by Crippen LogP contribution is -2.58. The number of terminal acetylenes is 1. The van der Waals surface area contributed by atoms with Crippen LogP contribution in [0.4, 0.5) is 4.79 Å². The fourth-order valence-electron chi connectivity index (χ4n) is 3.85. The summed E-state index contributed by atoms with van der Waals surface area (Å²) in [7, 11) is 0. The molecule has 0 bridgehead atoms. The normalized spacial score (nSPS) is 13.0. The molecule has 0 heterocycles. The average molecular weight is 506 g/mol. The third-order valence-electron chi connectivity index (χ3n) is 6.09. The van der Waals surface area contributed by atoms with Crippen LogP contribution in [0.15, 0.2) is 54.6 Å². The molecular formula is C30H39N3O4. The Labute approximate surface area is 221 Å². The number of nitrogens with one attached hydrogen (secondary N) is 2. The van der Waals surface area contributed by atoms with Gasteiger partial charge in [0.25, 0.3) is 0 Å². The molecule has 0 aliphatic heterocycles. The van der Waals surface area contributed by atoms with Crippen LogP contribution in [0, 0.1) is 12.3 Å². The molecule has 2 rings (SSSR count). The fraction of sp³-hybridized carbons (Fsp3) is 0.433. The van der Waals surface area contributed by atoms with Crippen molar-refractivity contribution >= 4 is 17.9 Å². The molecule has 2 unspecified atom stereocenters. The quantitative estimate of drug-likeness (QED) is 0.472. The number of carbonyl (C=O) groups is 3.